The van der Waals surface area contributed by atoms with E-state index in [2.05, 4.69) is 20.6 Å². The maximum Gasteiger partial charge on any atom is 0.274 e. The minimum atomic E-state index is -0.306. The molecule has 0 atom stereocenters. The van der Waals surface area contributed by atoms with Crippen molar-refractivity contribution in [2.24, 2.45) is 0 Å². The lowest BCUT2D eigenvalue weighted by Crippen LogP contribution is -2.14. The van der Waals surface area contributed by atoms with Gasteiger partial charge in [0.25, 0.3) is 5.91 Å². The highest BCUT2D eigenvalue weighted by Crippen LogP contribution is 2.18. The molecule has 3 rings (SSSR count). The van der Waals surface area contributed by atoms with E-state index in [1.165, 1.54) is 6.33 Å². The van der Waals surface area contributed by atoms with Gasteiger partial charge < -0.3 is 15.4 Å². The van der Waals surface area contributed by atoms with Crippen LogP contribution in [-0.4, -0.2) is 23.0 Å². The van der Waals surface area contributed by atoms with Gasteiger partial charge in [0.15, 0.2) is 0 Å². The molecule has 0 saturated heterocycles. The van der Waals surface area contributed by atoms with Gasteiger partial charge in [-0.25, -0.2) is 9.97 Å². The van der Waals surface area contributed by atoms with Gasteiger partial charge in [0.2, 0.25) is 0 Å². The molecule has 2 N–H and O–H groups in total. The van der Waals surface area contributed by atoms with E-state index in [1.54, 1.807) is 37.4 Å². The third-order valence-electron chi connectivity index (χ3n) is 3.54. The molecule has 0 fully saturated rings. The predicted molar refractivity (Wildman–Crippen MR) is 97.4 cm³/mol. The van der Waals surface area contributed by atoms with Crippen molar-refractivity contribution in [2.45, 2.75) is 6.92 Å². The molecule has 0 aliphatic heterocycles. The first kappa shape index (κ1) is 16.4. The zero-order valence-electron chi connectivity index (χ0n) is 14.0. The second-order valence-electron chi connectivity index (χ2n) is 5.47. The largest absolute Gasteiger partial charge is 0.497 e. The summed E-state index contributed by atoms with van der Waals surface area (Å²) in [5.74, 6) is 0.977. The van der Waals surface area contributed by atoms with Crippen molar-refractivity contribution >= 4 is 23.1 Å². The van der Waals surface area contributed by atoms with Crippen molar-refractivity contribution in [1.29, 1.82) is 0 Å². The minimum absolute atomic E-state index is 0.279. The molecule has 0 aliphatic rings. The topological polar surface area (TPSA) is 76.1 Å². The highest BCUT2D eigenvalue weighted by molar-refractivity contribution is 6.03. The third kappa shape index (κ3) is 4.32. The number of hydrogen-bond donors (Lipinski definition) is 2. The SMILES string of the molecule is COc1ccc(NC(=O)c2cc(Nc3cccc(C)c3)ncn2)cc1. The molecule has 0 unspecified atom stereocenters. The average molecular weight is 334 g/mol. The van der Waals surface area contributed by atoms with Crippen molar-refractivity contribution in [3.8, 4) is 5.75 Å². The summed E-state index contributed by atoms with van der Waals surface area (Å²) in [4.78, 5) is 20.6. The van der Waals surface area contributed by atoms with Crippen LogP contribution in [0.25, 0.3) is 0 Å². The summed E-state index contributed by atoms with van der Waals surface area (Å²) in [5, 5.41) is 5.97. The smallest absolute Gasteiger partial charge is 0.274 e. The maximum atomic E-state index is 12.4. The van der Waals surface area contributed by atoms with Crippen LogP contribution in [0, 0.1) is 6.92 Å². The molecule has 2 aromatic carbocycles. The number of anilines is 3. The monoisotopic (exact) mass is 334 g/mol. The number of amides is 1. The van der Waals surface area contributed by atoms with Crippen LogP contribution in [-0.2, 0) is 0 Å². The number of hydrogen-bond acceptors (Lipinski definition) is 5. The van der Waals surface area contributed by atoms with Crippen LogP contribution in [0.2, 0.25) is 0 Å². The number of nitrogens with one attached hydrogen (secondary N) is 2. The number of ether oxygens (including phenoxy) is 1. The zero-order chi connectivity index (χ0) is 17.6. The fourth-order valence-electron chi connectivity index (χ4n) is 2.29. The van der Waals surface area contributed by atoms with Crippen molar-refractivity contribution < 1.29 is 9.53 Å². The molecule has 0 bridgehead atoms. The third-order valence-corrected chi connectivity index (χ3v) is 3.54. The Hall–Kier alpha value is -3.41. The van der Waals surface area contributed by atoms with Crippen LogP contribution in [0.15, 0.2) is 60.9 Å². The molecule has 0 saturated carbocycles. The Labute approximate surface area is 145 Å². The fourth-order valence-corrected chi connectivity index (χ4v) is 2.29. The highest BCUT2D eigenvalue weighted by atomic mass is 16.5. The minimum Gasteiger partial charge on any atom is -0.497 e. The van der Waals surface area contributed by atoms with E-state index in [9.17, 15) is 4.79 Å². The summed E-state index contributed by atoms with van der Waals surface area (Å²) in [6, 6.07) is 16.6. The van der Waals surface area contributed by atoms with Gasteiger partial charge in [0.05, 0.1) is 7.11 Å². The summed E-state index contributed by atoms with van der Waals surface area (Å²) in [6.07, 6.45) is 1.36. The number of carbonyl (C=O) groups is 1. The molecular weight excluding hydrogens is 316 g/mol. The van der Waals surface area contributed by atoms with E-state index in [-0.39, 0.29) is 11.6 Å². The Morgan fingerprint density at radius 2 is 1.80 bits per heavy atom. The Morgan fingerprint density at radius 3 is 2.52 bits per heavy atom. The number of nitrogens with zero attached hydrogens (tertiary/aromatic N) is 2. The Bertz CT molecular complexity index is 879. The lowest BCUT2D eigenvalue weighted by atomic mass is 10.2. The van der Waals surface area contributed by atoms with Gasteiger partial charge in [-0.15, -0.1) is 0 Å². The highest BCUT2D eigenvalue weighted by Gasteiger charge is 2.09. The number of benzene rings is 2. The summed E-state index contributed by atoms with van der Waals surface area (Å²) < 4.78 is 5.10. The van der Waals surface area contributed by atoms with Crippen LogP contribution in [0.1, 0.15) is 16.1 Å². The van der Waals surface area contributed by atoms with Crippen molar-refractivity contribution in [3.05, 3.63) is 72.2 Å². The van der Waals surface area contributed by atoms with Crippen LogP contribution in [0.3, 0.4) is 0 Å². The molecule has 1 heterocycles. The van der Waals surface area contributed by atoms with Gasteiger partial charge >= 0.3 is 0 Å². The van der Waals surface area contributed by atoms with Crippen LogP contribution >= 0.6 is 0 Å². The van der Waals surface area contributed by atoms with Crippen molar-refractivity contribution in [3.63, 3.8) is 0 Å². The van der Waals surface area contributed by atoms with E-state index in [0.29, 0.717) is 11.5 Å². The van der Waals surface area contributed by atoms with E-state index in [1.807, 2.05) is 31.2 Å². The molecule has 126 valence electrons. The van der Waals surface area contributed by atoms with Crippen molar-refractivity contribution in [2.75, 3.05) is 17.7 Å². The zero-order valence-corrected chi connectivity index (χ0v) is 14.0. The number of aromatic nitrogens is 2. The van der Waals surface area contributed by atoms with E-state index < -0.39 is 0 Å². The summed E-state index contributed by atoms with van der Waals surface area (Å²) >= 11 is 0. The molecule has 6 heteroatoms. The lowest BCUT2D eigenvalue weighted by molar-refractivity contribution is 0.102. The Morgan fingerprint density at radius 1 is 1.00 bits per heavy atom. The van der Waals surface area contributed by atoms with Crippen LogP contribution in [0.4, 0.5) is 17.2 Å². The summed E-state index contributed by atoms with van der Waals surface area (Å²) in [5.41, 5.74) is 2.98. The van der Waals surface area contributed by atoms with E-state index in [0.717, 1.165) is 17.0 Å². The molecule has 3 aromatic rings. The lowest BCUT2D eigenvalue weighted by Gasteiger charge is -2.08. The fraction of sp³-hybridized carbons (Fsp3) is 0.105. The molecule has 0 aliphatic carbocycles. The van der Waals surface area contributed by atoms with Gasteiger partial charge in [0.1, 0.15) is 23.6 Å². The molecule has 1 aromatic heterocycles. The van der Waals surface area contributed by atoms with E-state index in [4.69, 9.17) is 4.74 Å². The van der Waals surface area contributed by atoms with Gasteiger partial charge in [0, 0.05) is 17.4 Å². The van der Waals surface area contributed by atoms with Crippen molar-refractivity contribution in [1.82, 2.24) is 9.97 Å². The number of carbonyl (C=O) groups excluding carboxylic acids is 1. The molecule has 6 nitrogen and oxygen atoms in total. The quantitative estimate of drug-likeness (QED) is 0.742. The Balaban J connectivity index is 1.72. The Kier molecular flexibility index (Phi) is 4.89. The number of methoxy groups -OCH3 is 1. The van der Waals surface area contributed by atoms with Gasteiger partial charge in [-0.05, 0) is 48.9 Å². The van der Waals surface area contributed by atoms with Crippen LogP contribution < -0.4 is 15.4 Å². The van der Waals surface area contributed by atoms with E-state index >= 15 is 0 Å². The summed E-state index contributed by atoms with van der Waals surface area (Å²) in [6.45, 7) is 2.01. The first-order valence-corrected chi connectivity index (χ1v) is 7.75. The predicted octanol–water partition coefficient (Wildman–Crippen LogP) is 3.79. The second kappa shape index (κ2) is 7.44. The normalized spacial score (nSPS) is 10.2. The molecular formula is C19H18N4O2. The molecule has 0 radical (unpaired) electrons. The van der Waals surface area contributed by atoms with Gasteiger partial charge in [-0.3, -0.25) is 4.79 Å². The second-order valence-corrected chi connectivity index (χ2v) is 5.47. The van der Waals surface area contributed by atoms with Gasteiger partial charge in [-0.1, -0.05) is 12.1 Å². The molecule has 1 amide bonds. The summed E-state index contributed by atoms with van der Waals surface area (Å²) in [7, 11) is 1.59. The molecule has 0 spiro atoms. The number of aryl methyl sites for hydroxylation is 1. The maximum absolute atomic E-state index is 12.4. The number of rotatable bonds is 5. The first-order chi connectivity index (χ1) is 12.1. The van der Waals surface area contributed by atoms with Crippen LogP contribution in [0.5, 0.6) is 5.75 Å². The standard InChI is InChI=1S/C19H18N4O2/c1-13-4-3-5-15(10-13)22-18-11-17(20-12-21-18)19(24)23-14-6-8-16(25-2)9-7-14/h3-12H,1-2H3,(H,23,24)(H,20,21,22). The average Bonchev–Trinajstić information content (AvgIpc) is 2.62. The first-order valence-electron chi connectivity index (χ1n) is 7.75. The van der Waals surface area contributed by atoms with Gasteiger partial charge in [-0.2, -0.15) is 0 Å². The molecule has 25 heavy (non-hydrogen) atoms.